The van der Waals surface area contributed by atoms with Crippen LogP contribution >= 0.6 is 0 Å². The summed E-state index contributed by atoms with van der Waals surface area (Å²) in [5.41, 5.74) is 1.23. The molecule has 2 aromatic rings. The second-order valence-corrected chi connectivity index (χ2v) is 7.20. The van der Waals surface area contributed by atoms with Crippen LogP contribution in [0, 0.1) is 6.92 Å². The second kappa shape index (κ2) is 9.01. The van der Waals surface area contributed by atoms with E-state index in [1.807, 2.05) is 43.0 Å². The van der Waals surface area contributed by atoms with Gasteiger partial charge in [-0.05, 0) is 39.4 Å². The summed E-state index contributed by atoms with van der Waals surface area (Å²) < 4.78 is 5.86. The van der Waals surface area contributed by atoms with Gasteiger partial charge in [-0.1, -0.05) is 19.1 Å². The highest BCUT2D eigenvalue weighted by Crippen LogP contribution is 2.28. The number of rotatable bonds is 6. The number of likely N-dealkylation sites (N-methyl/N-ethyl adjacent to an activating group) is 1. The molecule has 2 heterocycles. The number of nitrogens with zero attached hydrogens (tertiary/aromatic N) is 4. The zero-order chi connectivity index (χ0) is 20.1. The Hall–Kier alpha value is -2.67. The van der Waals surface area contributed by atoms with E-state index in [1.165, 1.54) is 0 Å². The summed E-state index contributed by atoms with van der Waals surface area (Å²) in [5, 5.41) is 3.28. The Labute approximate surface area is 166 Å². The molecule has 0 atom stereocenters. The molecule has 0 unspecified atom stereocenters. The minimum Gasteiger partial charge on any atom is -0.489 e. The molecule has 0 aliphatic carbocycles. The molecule has 1 saturated heterocycles. The second-order valence-electron chi connectivity index (χ2n) is 7.20. The van der Waals surface area contributed by atoms with Crippen molar-refractivity contribution in [1.82, 2.24) is 19.8 Å². The van der Waals surface area contributed by atoms with E-state index in [2.05, 4.69) is 27.1 Å². The summed E-state index contributed by atoms with van der Waals surface area (Å²) in [6.07, 6.45) is 0.0639. The van der Waals surface area contributed by atoms with Gasteiger partial charge in [0.15, 0.2) is 0 Å². The van der Waals surface area contributed by atoms with Crippen molar-refractivity contribution in [2.24, 2.45) is 0 Å². The van der Waals surface area contributed by atoms with Crippen molar-refractivity contribution in [3.05, 3.63) is 41.9 Å². The number of benzene rings is 1. The molecule has 1 aromatic heterocycles. The molecule has 3 rings (SSSR count). The first-order valence-electron chi connectivity index (χ1n) is 9.86. The molecule has 0 spiro atoms. The Bertz CT molecular complexity index is 816. The number of nitrogens with one attached hydrogen (secondary N) is 1. The summed E-state index contributed by atoms with van der Waals surface area (Å²) in [6.45, 7) is 12.2. The van der Waals surface area contributed by atoms with Crippen LogP contribution in [-0.4, -0.2) is 64.5 Å². The zero-order valence-electron chi connectivity index (χ0n) is 17.1. The molecule has 28 heavy (non-hydrogen) atoms. The van der Waals surface area contributed by atoms with Gasteiger partial charge in [-0.15, -0.1) is 0 Å². The summed E-state index contributed by atoms with van der Waals surface area (Å²) in [7, 11) is 0. The van der Waals surface area contributed by atoms with Crippen LogP contribution in [0.5, 0.6) is 5.75 Å². The number of para-hydroxylation sites is 2. The van der Waals surface area contributed by atoms with Crippen LogP contribution in [0.15, 0.2) is 30.3 Å². The highest BCUT2D eigenvalue weighted by Gasteiger charge is 2.23. The van der Waals surface area contributed by atoms with Gasteiger partial charge in [0.1, 0.15) is 23.1 Å². The quantitative estimate of drug-likeness (QED) is 0.827. The van der Waals surface area contributed by atoms with Crippen molar-refractivity contribution >= 4 is 17.4 Å². The van der Waals surface area contributed by atoms with Crippen molar-refractivity contribution in [3.8, 4) is 5.75 Å². The number of aromatic nitrogens is 2. The predicted molar refractivity (Wildman–Crippen MR) is 110 cm³/mol. The topological polar surface area (TPSA) is 70.6 Å². The number of aryl methyl sites for hydroxylation is 1. The minimum atomic E-state index is -0.0454. The van der Waals surface area contributed by atoms with Crippen molar-refractivity contribution in [2.75, 3.05) is 38.0 Å². The largest absolute Gasteiger partial charge is 0.489 e. The number of anilines is 2. The lowest BCUT2D eigenvalue weighted by Gasteiger charge is -2.33. The molecule has 7 heteroatoms. The van der Waals surface area contributed by atoms with Crippen molar-refractivity contribution < 1.29 is 9.53 Å². The Kier molecular flexibility index (Phi) is 6.46. The van der Waals surface area contributed by atoms with Gasteiger partial charge in [0.05, 0.1) is 11.8 Å². The van der Waals surface area contributed by atoms with E-state index < -0.39 is 0 Å². The monoisotopic (exact) mass is 383 g/mol. The fourth-order valence-corrected chi connectivity index (χ4v) is 3.24. The first-order valence-corrected chi connectivity index (χ1v) is 9.86. The molecular weight excluding hydrogens is 354 g/mol. The first-order chi connectivity index (χ1) is 13.5. The Balaban J connectivity index is 1.78. The van der Waals surface area contributed by atoms with E-state index in [9.17, 15) is 4.79 Å². The van der Waals surface area contributed by atoms with Crippen molar-refractivity contribution in [2.45, 2.75) is 33.8 Å². The van der Waals surface area contributed by atoms with Gasteiger partial charge in [0.25, 0.3) is 5.91 Å². The smallest absolute Gasteiger partial charge is 0.272 e. The van der Waals surface area contributed by atoms with Crippen LogP contribution in [0.3, 0.4) is 0 Å². The van der Waals surface area contributed by atoms with E-state index >= 15 is 0 Å². The normalized spacial score (nSPS) is 15.0. The molecule has 1 amide bonds. The number of hydrogen-bond donors (Lipinski definition) is 1. The van der Waals surface area contributed by atoms with Crippen LogP contribution in [0.25, 0.3) is 0 Å². The molecule has 1 aliphatic heterocycles. The maximum Gasteiger partial charge on any atom is 0.272 e. The number of piperazine rings is 1. The fraction of sp³-hybridized carbons (Fsp3) is 0.476. The number of carbonyl (C=O) groups is 1. The molecule has 150 valence electrons. The average molecular weight is 383 g/mol. The van der Waals surface area contributed by atoms with E-state index in [1.54, 1.807) is 13.0 Å². The van der Waals surface area contributed by atoms with Gasteiger partial charge in [-0.2, -0.15) is 0 Å². The lowest BCUT2D eigenvalue weighted by Crippen LogP contribution is -2.48. The van der Waals surface area contributed by atoms with Gasteiger partial charge in [0.2, 0.25) is 0 Å². The van der Waals surface area contributed by atoms with Crippen molar-refractivity contribution in [3.63, 3.8) is 0 Å². The molecular formula is C21H29N5O2. The van der Waals surface area contributed by atoms with E-state index in [4.69, 9.17) is 4.74 Å². The highest BCUT2D eigenvalue weighted by atomic mass is 16.5. The highest BCUT2D eigenvalue weighted by molar-refractivity contribution is 5.93. The third-order valence-electron chi connectivity index (χ3n) is 4.68. The van der Waals surface area contributed by atoms with Gasteiger partial charge in [-0.25, -0.2) is 9.97 Å². The molecule has 7 nitrogen and oxygen atoms in total. The van der Waals surface area contributed by atoms with E-state index in [0.717, 1.165) is 44.2 Å². The SMILES string of the molecule is CCN1CCN(C(=O)c2cc(Nc3ccccc3OC(C)C)nc(C)n2)CC1. The molecule has 0 bridgehead atoms. The number of hydrogen-bond acceptors (Lipinski definition) is 6. The van der Waals surface area contributed by atoms with Gasteiger partial charge < -0.3 is 19.9 Å². The van der Waals surface area contributed by atoms with E-state index in [0.29, 0.717) is 17.3 Å². The van der Waals surface area contributed by atoms with Gasteiger partial charge in [0, 0.05) is 32.2 Å². The average Bonchev–Trinajstić information content (AvgIpc) is 2.68. The molecule has 1 fully saturated rings. The van der Waals surface area contributed by atoms with Crippen LogP contribution in [0.4, 0.5) is 11.5 Å². The standard InChI is InChI=1S/C21H29N5O2/c1-5-25-10-12-26(13-11-25)21(27)18-14-20(23-16(4)22-18)24-17-8-6-7-9-19(17)28-15(2)3/h6-9,14-15H,5,10-13H2,1-4H3,(H,22,23,24). The summed E-state index contributed by atoms with van der Waals surface area (Å²) in [4.78, 5) is 26.0. The lowest BCUT2D eigenvalue weighted by atomic mass is 10.2. The minimum absolute atomic E-state index is 0.0454. The molecule has 1 N–H and O–H groups in total. The van der Waals surface area contributed by atoms with Crippen LogP contribution < -0.4 is 10.1 Å². The molecule has 0 saturated carbocycles. The zero-order valence-corrected chi connectivity index (χ0v) is 17.1. The number of amides is 1. The van der Waals surface area contributed by atoms with Crippen LogP contribution in [0.1, 0.15) is 37.1 Å². The maximum atomic E-state index is 12.9. The Morgan fingerprint density at radius 1 is 1.18 bits per heavy atom. The third kappa shape index (κ3) is 4.98. The Morgan fingerprint density at radius 2 is 1.89 bits per heavy atom. The summed E-state index contributed by atoms with van der Waals surface area (Å²) >= 11 is 0. The third-order valence-corrected chi connectivity index (χ3v) is 4.68. The van der Waals surface area contributed by atoms with Gasteiger partial charge >= 0.3 is 0 Å². The van der Waals surface area contributed by atoms with Crippen LogP contribution in [-0.2, 0) is 0 Å². The summed E-state index contributed by atoms with van der Waals surface area (Å²) in [5.74, 6) is 1.85. The fourth-order valence-electron chi connectivity index (χ4n) is 3.24. The molecule has 0 radical (unpaired) electrons. The first kappa shape index (κ1) is 20.1. The van der Waals surface area contributed by atoms with Crippen LogP contribution in [0.2, 0.25) is 0 Å². The van der Waals surface area contributed by atoms with Crippen molar-refractivity contribution in [1.29, 1.82) is 0 Å². The molecule has 1 aliphatic rings. The maximum absolute atomic E-state index is 12.9. The van der Waals surface area contributed by atoms with E-state index in [-0.39, 0.29) is 12.0 Å². The summed E-state index contributed by atoms with van der Waals surface area (Å²) in [6, 6.07) is 9.42. The number of carbonyl (C=O) groups excluding carboxylic acids is 1. The molecule has 1 aromatic carbocycles. The lowest BCUT2D eigenvalue weighted by molar-refractivity contribution is 0.0637. The number of ether oxygens (including phenoxy) is 1. The van der Waals surface area contributed by atoms with Gasteiger partial charge in [-0.3, -0.25) is 4.79 Å². The predicted octanol–water partition coefficient (Wildman–Crippen LogP) is 3.09. The Morgan fingerprint density at radius 3 is 2.57 bits per heavy atom.